The summed E-state index contributed by atoms with van der Waals surface area (Å²) in [5.74, 6) is 5.55. The summed E-state index contributed by atoms with van der Waals surface area (Å²) in [6, 6.07) is 6.41. The molecule has 1 aromatic carbocycles. The van der Waals surface area contributed by atoms with Gasteiger partial charge in [-0.1, -0.05) is 12.0 Å². The molecule has 1 aliphatic rings. The van der Waals surface area contributed by atoms with Crippen LogP contribution in [0.25, 0.3) is 10.9 Å². The van der Waals surface area contributed by atoms with Gasteiger partial charge in [0.2, 0.25) is 6.30 Å². The fourth-order valence-corrected chi connectivity index (χ4v) is 3.32. The van der Waals surface area contributed by atoms with Crippen molar-refractivity contribution >= 4 is 17.0 Å². The molecule has 3 rings (SSSR count). The number of alkyl halides is 3. The van der Waals surface area contributed by atoms with E-state index >= 15 is 0 Å². The number of rotatable bonds is 5. The Balaban J connectivity index is 1.96. The van der Waals surface area contributed by atoms with Crippen LogP contribution in [0.2, 0.25) is 0 Å². The second-order valence-corrected chi connectivity index (χ2v) is 6.83. The van der Waals surface area contributed by atoms with Gasteiger partial charge < -0.3 is 20.1 Å². The maximum Gasteiger partial charge on any atom is 0.405 e. The monoisotopic (exact) mass is 409 g/mol. The van der Waals surface area contributed by atoms with E-state index in [1.807, 2.05) is 7.05 Å². The predicted octanol–water partition coefficient (Wildman–Crippen LogP) is 3.29. The number of nitrogens with zero attached hydrogens (tertiary/aromatic N) is 2. The molecule has 29 heavy (non-hydrogen) atoms. The van der Waals surface area contributed by atoms with Gasteiger partial charge in [-0.25, -0.2) is 18.0 Å². The molecular formula is C20H22F3N3O3. The first-order chi connectivity index (χ1) is 13.9. The van der Waals surface area contributed by atoms with Crippen LogP contribution >= 0.6 is 0 Å². The molecule has 1 fully saturated rings. The predicted molar refractivity (Wildman–Crippen MR) is 102 cm³/mol. The van der Waals surface area contributed by atoms with Crippen molar-refractivity contribution < 1.29 is 27.4 Å². The van der Waals surface area contributed by atoms with Crippen LogP contribution in [0.1, 0.15) is 24.8 Å². The number of hydrogen-bond acceptors (Lipinski definition) is 4. The first kappa shape index (κ1) is 20.9. The summed E-state index contributed by atoms with van der Waals surface area (Å²) in [4.78, 5) is 12.8. The van der Waals surface area contributed by atoms with Gasteiger partial charge in [-0.05, 0) is 44.0 Å². The lowest BCUT2D eigenvalue weighted by atomic mass is 10.1. The van der Waals surface area contributed by atoms with E-state index in [-0.39, 0.29) is 23.9 Å². The van der Waals surface area contributed by atoms with E-state index in [1.54, 1.807) is 12.1 Å². The molecule has 1 atom stereocenters. The SMILES string of the molecule is CN1CCC(Oc2cccc3c2cc(C#CCOC(N)=O)n3C(F)C(F)F)CC1. The third-order valence-electron chi connectivity index (χ3n) is 4.76. The highest BCUT2D eigenvalue weighted by Gasteiger charge is 2.27. The molecular weight excluding hydrogens is 387 g/mol. The van der Waals surface area contributed by atoms with E-state index in [0.717, 1.165) is 30.5 Å². The van der Waals surface area contributed by atoms with Crippen LogP contribution in [0.3, 0.4) is 0 Å². The molecule has 0 saturated carbocycles. The number of halogens is 3. The summed E-state index contributed by atoms with van der Waals surface area (Å²) in [5.41, 5.74) is 5.14. The number of piperidine rings is 1. The lowest BCUT2D eigenvalue weighted by Crippen LogP contribution is -2.35. The highest BCUT2D eigenvalue weighted by molar-refractivity contribution is 5.88. The number of benzene rings is 1. The van der Waals surface area contributed by atoms with Crippen LogP contribution in [0.5, 0.6) is 5.75 Å². The highest BCUT2D eigenvalue weighted by Crippen LogP contribution is 2.34. The molecule has 0 spiro atoms. The molecule has 1 aliphatic heterocycles. The van der Waals surface area contributed by atoms with Gasteiger partial charge >= 0.3 is 6.09 Å². The Hall–Kier alpha value is -2.86. The van der Waals surface area contributed by atoms with Gasteiger partial charge in [0.15, 0.2) is 6.61 Å². The number of likely N-dealkylation sites (tertiary alicyclic amines) is 1. The van der Waals surface area contributed by atoms with Crippen molar-refractivity contribution in [1.82, 2.24) is 9.47 Å². The maximum absolute atomic E-state index is 14.3. The molecule has 1 amide bonds. The summed E-state index contributed by atoms with van der Waals surface area (Å²) in [7, 11) is 2.04. The molecule has 9 heteroatoms. The lowest BCUT2D eigenvalue weighted by molar-refractivity contribution is 0.0102. The number of hydrogen-bond donors (Lipinski definition) is 1. The van der Waals surface area contributed by atoms with Gasteiger partial charge in [0.05, 0.1) is 11.2 Å². The van der Waals surface area contributed by atoms with Crippen LogP contribution in [-0.4, -0.2) is 54.8 Å². The van der Waals surface area contributed by atoms with Gasteiger partial charge in [-0.2, -0.15) is 0 Å². The fourth-order valence-electron chi connectivity index (χ4n) is 3.32. The number of amides is 1. The highest BCUT2D eigenvalue weighted by atomic mass is 19.3. The zero-order valence-electron chi connectivity index (χ0n) is 15.9. The Morgan fingerprint density at radius 1 is 1.31 bits per heavy atom. The molecule has 0 radical (unpaired) electrons. The molecule has 0 bridgehead atoms. The number of fused-ring (bicyclic) bond motifs is 1. The normalized spacial score (nSPS) is 16.4. The minimum atomic E-state index is -3.23. The molecule has 2 heterocycles. The zero-order valence-corrected chi connectivity index (χ0v) is 15.9. The summed E-state index contributed by atoms with van der Waals surface area (Å²) >= 11 is 0. The molecule has 0 aliphatic carbocycles. The Labute approximate surface area is 166 Å². The third kappa shape index (κ3) is 4.95. The minimum absolute atomic E-state index is 0.00470. The molecule has 1 saturated heterocycles. The van der Waals surface area contributed by atoms with Gasteiger partial charge in [0, 0.05) is 18.5 Å². The number of carbonyl (C=O) groups excluding carboxylic acids is 1. The number of primary amides is 1. The zero-order chi connectivity index (χ0) is 21.0. The van der Waals surface area contributed by atoms with E-state index in [4.69, 9.17) is 10.5 Å². The van der Waals surface area contributed by atoms with Crippen molar-refractivity contribution in [3.05, 3.63) is 30.0 Å². The standard InChI is InChI=1S/C20H22F3N3O3/c1-25-9-7-14(8-10-25)29-17-6-2-5-16-15(17)12-13(4-3-11-28-20(24)27)26(16)19(23)18(21)22/h2,5-6,12,14,18-19H,7-11H2,1H3,(H2,24,27). The van der Waals surface area contributed by atoms with Crippen LogP contribution in [0.4, 0.5) is 18.0 Å². The summed E-state index contributed by atoms with van der Waals surface area (Å²) in [6.45, 7) is 1.47. The Bertz CT molecular complexity index is 927. The number of nitrogens with two attached hydrogens (primary N) is 1. The quantitative estimate of drug-likeness (QED) is 0.770. The average Bonchev–Trinajstić information content (AvgIpc) is 3.05. The average molecular weight is 409 g/mol. The fraction of sp³-hybridized carbons (Fsp3) is 0.450. The van der Waals surface area contributed by atoms with Gasteiger partial charge in [0.25, 0.3) is 6.43 Å². The van der Waals surface area contributed by atoms with Crippen LogP contribution in [0.15, 0.2) is 24.3 Å². The number of ether oxygens (including phenoxy) is 2. The van der Waals surface area contributed by atoms with Crippen LogP contribution in [0, 0.1) is 11.8 Å². The Morgan fingerprint density at radius 2 is 2.03 bits per heavy atom. The second-order valence-electron chi connectivity index (χ2n) is 6.83. The van der Waals surface area contributed by atoms with E-state index in [9.17, 15) is 18.0 Å². The molecule has 156 valence electrons. The van der Waals surface area contributed by atoms with Gasteiger partial charge in [0.1, 0.15) is 11.9 Å². The number of aromatic nitrogens is 1. The van der Waals surface area contributed by atoms with Crippen molar-refractivity contribution in [2.45, 2.75) is 31.7 Å². The third-order valence-corrected chi connectivity index (χ3v) is 4.76. The lowest BCUT2D eigenvalue weighted by Gasteiger charge is -2.29. The smallest absolute Gasteiger partial charge is 0.405 e. The van der Waals surface area contributed by atoms with Gasteiger partial charge in [-0.15, -0.1) is 0 Å². The molecule has 2 aromatic rings. The first-order valence-corrected chi connectivity index (χ1v) is 9.19. The summed E-state index contributed by atoms with van der Waals surface area (Å²) in [5, 5.41) is 0.495. The van der Waals surface area contributed by atoms with E-state index in [1.165, 1.54) is 12.1 Å². The van der Waals surface area contributed by atoms with E-state index in [0.29, 0.717) is 11.1 Å². The molecule has 2 N–H and O–H groups in total. The van der Waals surface area contributed by atoms with Crippen LogP contribution < -0.4 is 10.5 Å². The van der Waals surface area contributed by atoms with Crippen molar-refractivity contribution in [1.29, 1.82) is 0 Å². The van der Waals surface area contributed by atoms with E-state index in [2.05, 4.69) is 21.5 Å². The Morgan fingerprint density at radius 3 is 2.69 bits per heavy atom. The van der Waals surface area contributed by atoms with Crippen molar-refractivity contribution in [3.8, 4) is 17.6 Å². The summed E-state index contributed by atoms with van der Waals surface area (Å²) in [6.07, 6.45) is -5.14. The van der Waals surface area contributed by atoms with Crippen molar-refractivity contribution in [2.24, 2.45) is 5.73 Å². The van der Waals surface area contributed by atoms with Gasteiger partial charge in [-0.3, -0.25) is 4.57 Å². The first-order valence-electron chi connectivity index (χ1n) is 9.19. The molecule has 1 aromatic heterocycles. The molecule has 1 unspecified atom stereocenters. The van der Waals surface area contributed by atoms with Crippen molar-refractivity contribution in [2.75, 3.05) is 26.7 Å². The van der Waals surface area contributed by atoms with Crippen molar-refractivity contribution in [3.63, 3.8) is 0 Å². The Kier molecular flexibility index (Phi) is 6.54. The molecule has 6 nitrogen and oxygen atoms in total. The van der Waals surface area contributed by atoms with E-state index < -0.39 is 18.8 Å². The maximum atomic E-state index is 14.3. The topological polar surface area (TPSA) is 69.7 Å². The summed E-state index contributed by atoms with van der Waals surface area (Å²) < 4.78 is 52.1. The largest absolute Gasteiger partial charge is 0.490 e. The van der Waals surface area contributed by atoms with Crippen LogP contribution in [-0.2, 0) is 4.74 Å². The second kappa shape index (κ2) is 9.09. The number of carbonyl (C=O) groups is 1. The minimum Gasteiger partial charge on any atom is -0.490 e.